The molecule has 0 aliphatic carbocycles. The van der Waals surface area contributed by atoms with Crippen molar-refractivity contribution in [1.29, 1.82) is 0 Å². The fourth-order valence-electron chi connectivity index (χ4n) is 8.51. The summed E-state index contributed by atoms with van der Waals surface area (Å²) in [5.74, 6) is -0.892. The highest BCUT2D eigenvalue weighted by Gasteiger charge is 2.19. The van der Waals surface area contributed by atoms with Gasteiger partial charge in [-0.1, -0.05) is 242 Å². The molecule has 0 saturated carbocycles. The summed E-state index contributed by atoms with van der Waals surface area (Å²) in [6, 6.07) is 0. The van der Waals surface area contributed by atoms with E-state index in [1.807, 2.05) is 0 Å². The summed E-state index contributed by atoms with van der Waals surface area (Å²) in [7, 11) is 0. The number of unbranched alkanes of at least 4 members (excludes halogenated alkanes) is 33. The Bertz CT molecular complexity index is 1250. The molecule has 0 aliphatic rings. The van der Waals surface area contributed by atoms with Crippen LogP contribution in [0.3, 0.4) is 0 Å². The molecule has 0 fully saturated rings. The Kier molecular flexibility index (Phi) is 55.3. The highest BCUT2D eigenvalue weighted by Crippen LogP contribution is 2.16. The lowest BCUT2D eigenvalue weighted by molar-refractivity contribution is -0.167. The van der Waals surface area contributed by atoms with Crippen LogP contribution in [-0.2, 0) is 28.6 Å². The van der Waals surface area contributed by atoms with E-state index >= 15 is 0 Å². The number of hydrogen-bond acceptors (Lipinski definition) is 6. The minimum atomic E-state index is -0.784. The topological polar surface area (TPSA) is 78.9 Å². The molecule has 6 nitrogen and oxygen atoms in total. The molecule has 0 spiro atoms. The molecule has 6 heteroatoms. The molecule has 0 bridgehead atoms. The first kappa shape index (κ1) is 66.1. The minimum absolute atomic E-state index is 0.0816. The van der Waals surface area contributed by atoms with E-state index in [1.165, 1.54) is 167 Å². The van der Waals surface area contributed by atoms with Gasteiger partial charge in [-0.05, 0) is 103 Å². The van der Waals surface area contributed by atoms with Crippen molar-refractivity contribution in [1.82, 2.24) is 0 Å². The minimum Gasteiger partial charge on any atom is -0.462 e. The van der Waals surface area contributed by atoms with E-state index in [-0.39, 0.29) is 31.1 Å². The van der Waals surface area contributed by atoms with Crippen LogP contribution in [0.1, 0.15) is 303 Å². The maximum absolute atomic E-state index is 12.9. The third-order valence-electron chi connectivity index (χ3n) is 13.0. The molecule has 0 saturated heterocycles. The van der Waals surface area contributed by atoms with Crippen LogP contribution in [0.4, 0.5) is 0 Å². The van der Waals surface area contributed by atoms with E-state index in [0.717, 1.165) is 96.3 Å². The fourth-order valence-corrected chi connectivity index (χ4v) is 8.51. The predicted molar refractivity (Wildman–Crippen MR) is 298 cm³/mol. The summed E-state index contributed by atoms with van der Waals surface area (Å²) in [5, 5.41) is 0. The lowest BCUT2D eigenvalue weighted by Crippen LogP contribution is -2.30. The quantitative estimate of drug-likeness (QED) is 0.0262. The number of rotatable bonds is 54. The van der Waals surface area contributed by atoms with Gasteiger partial charge in [0.05, 0.1) is 0 Å². The van der Waals surface area contributed by atoms with Gasteiger partial charge in [0.15, 0.2) is 6.10 Å². The van der Waals surface area contributed by atoms with Gasteiger partial charge in [-0.15, -0.1) is 0 Å². The summed E-state index contributed by atoms with van der Waals surface area (Å²) >= 11 is 0. The van der Waals surface area contributed by atoms with Crippen molar-refractivity contribution < 1.29 is 28.6 Å². The zero-order chi connectivity index (χ0) is 50.0. The Hall–Kier alpha value is -2.89. The number of ether oxygens (including phenoxy) is 3. The van der Waals surface area contributed by atoms with E-state index in [4.69, 9.17) is 14.2 Å². The van der Waals surface area contributed by atoms with Crippen LogP contribution in [0.5, 0.6) is 0 Å². The van der Waals surface area contributed by atoms with Gasteiger partial charge < -0.3 is 14.2 Å². The molecule has 1 atom stereocenters. The Morgan fingerprint density at radius 3 is 0.899 bits per heavy atom. The van der Waals surface area contributed by atoms with Crippen molar-refractivity contribution in [2.24, 2.45) is 0 Å². The molecule has 0 aromatic carbocycles. The van der Waals surface area contributed by atoms with Gasteiger partial charge in [-0.3, -0.25) is 14.4 Å². The molecule has 0 unspecified atom stereocenters. The van der Waals surface area contributed by atoms with Gasteiger partial charge in [-0.2, -0.15) is 0 Å². The molecule has 0 heterocycles. The monoisotopic (exact) mass is 965 g/mol. The van der Waals surface area contributed by atoms with Gasteiger partial charge in [0.25, 0.3) is 0 Å². The van der Waals surface area contributed by atoms with Gasteiger partial charge in [0.2, 0.25) is 0 Å². The molecular weight excluding hydrogens is 853 g/mol. The standard InChI is InChI=1S/C63H112O6/c1-4-7-10-13-16-19-22-25-28-30-31-33-36-39-42-45-48-51-54-57-63(66)69-60(58-67-61(64)55-52-49-46-43-40-37-34-27-24-21-18-15-12-9-6-3)59-68-62(65)56-53-50-47-44-41-38-35-32-29-26-23-20-17-14-11-8-5-2/h9,12,18,21,25-29,34,60H,4-8,10-11,13-17,19-20,22-24,30-33,35-59H2,1-3H3/b12-9-,21-18-,28-25-,29-26-,34-27-/t60-/m1/s1. The van der Waals surface area contributed by atoms with Crippen LogP contribution >= 0.6 is 0 Å². The molecule has 0 aliphatic heterocycles. The second-order valence-electron chi connectivity index (χ2n) is 19.9. The first-order valence-electron chi connectivity index (χ1n) is 29.8. The lowest BCUT2D eigenvalue weighted by Gasteiger charge is -2.18. The number of allylic oxidation sites excluding steroid dienone is 10. The molecule has 0 radical (unpaired) electrons. The lowest BCUT2D eigenvalue weighted by atomic mass is 10.1. The summed E-state index contributed by atoms with van der Waals surface area (Å²) in [4.78, 5) is 38.2. The Balaban J connectivity index is 4.38. The normalized spacial score (nSPS) is 12.4. The second kappa shape index (κ2) is 57.7. The van der Waals surface area contributed by atoms with Crippen molar-refractivity contribution in [3.05, 3.63) is 60.8 Å². The van der Waals surface area contributed by atoms with E-state index in [0.29, 0.717) is 19.3 Å². The molecule has 0 amide bonds. The maximum atomic E-state index is 12.9. The van der Waals surface area contributed by atoms with Crippen LogP contribution in [-0.4, -0.2) is 37.2 Å². The zero-order valence-electron chi connectivity index (χ0n) is 45.8. The molecule has 0 rings (SSSR count). The van der Waals surface area contributed by atoms with Crippen LogP contribution in [0, 0.1) is 0 Å². The van der Waals surface area contributed by atoms with Crippen LogP contribution in [0.25, 0.3) is 0 Å². The highest BCUT2D eigenvalue weighted by atomic mass is 16.6. The molecule has 0 aromatic rings. The number of carbonyl (C=O) groups excluding carboxylic acids is 3. The molecule has 0 N–H and O–H groups in total. The molecule has 69 heavy (non-hydrogen) atoms. The van der Waals surface area contributed by atoms with Gasteiger partial charge in [0, 0.05) is 19.3 Å². The van der Waals surface area contributed by atoms with Crippen molar-refractivity contribution in [3.63, 3.8) is 0 Å². The fraction of sp³-hybridized carbons (Fsp3) is 0.794. The smallest absolute Gasteiger partial charge is 0.306 e. The first-order chi connectivity index (χ1) is 34.0. The van der Waals surface area contributed by atoms with Gasteiger partial charge in [0.1, 0.15) is 13.2 Å². The van der Waals surface area contributed by atoms with Crippen molar-refractivity contribution >= 4 is 17.9 Å². The van der Waals surface area contributed by atoms with Crippen molar-refractivity contribution in [2.75, 3.05) is 13.2 Å². The Morgan fingerprint density at radius 1 is 0.304 bits per heavy atom. The number of esters is 3. The Morgan fingerprint density at radius 2 is 0.565 bits per heavy atom. The third kappa shape index (κ3) is 55.9. The van der Waals surface area contributed by atoms with Crippen LogP contribution < -0.4 is 0 Å². The largest absolute Gasteiger partial charge is 0.462 e. The van der Waals surface area contributed by atoms with Gasteiger partial charge in [-0.25, -0.2) is 0 Å². The summed E-state index contributed by atoms with van der Waals surface area (Å²) in [6.07, 6.45) is 72.1. The van der Waals surface area contributed by atoms with E-state index < -0.39 is 6.10 Å². The van der Waals surface area contributed by atoms with Crippen LogP contribution in [0.15, 0.2) is 60.8 Å². The number of hydrogen-bond donors (Lipinski definition) is 0. The maximum Gasteiger partial charge on any atom is 0.306 e. The van der Waals surface area contributed by atoms with E-state index in [9.17, 15) is 14.4 Å². The molecular formula is C63H112O6. The molecule has 0 aromatic heterocycles. The van der Waals surface area contributed by atoms with Crippen molar-refractivity contribution in [2.45, 2.75) is 309 Å². The molecule has 400 valence electrons. The van der Waals surface area contributed by atoms with Crippen molar-refractivity contribution in [3.8, 4) is 0 Å². The van der Waals surface area contributed by atoms with Crippen LogP contribution in [0.2, 0.25) is 0 Å². The SMILES string of the molecule is CC/C=C\C/C=C\C/C=C\CCCCCCCC(=O)OC[C@H](COC(=O)CCCCCCCCC/C=C\CCCCCCCC)OC(=O)CCCCCCCCCCC/C=C\CCCCCCCC. The second-order valence-corrected chi connectivity index (χ2v) is 19.9. The predicted octanol–water partition coefficient (Wildman–Crippen LogP) is 20.0. The first-order valence-corrected chi connectivity index (χ1v) is 29.8. The van der Waals surface area contributed by atoms with Gasteiger partial charge >= 0.3 is 17.9 Å². The van der Waals surface area contributed by atoms with E-state index in [1.54, 1.807) is 0 Å². The summed E-state index contributed by atoms with van der Waals surface area (Å²) in [6.45, 7) is 6.53. The average Bonchev–Trinajstić information content (AvgIpc) is 3.35. The highest BCUT2D eigenvalue weighted by molar-refractivity contribution is 5.71. The Labute approximate surface area is 428 Å². The third-order valence-corrected chi connectivity index (χ3v) is 13.0. The number of carbonyl (C=O) groups is 3. The summed E-state index contributed by atoms with van der Waals surface area (Å²) in [5.41, 5.74) is 0. The average molecular weight is 966 g/mol. The summed E-state index contributed by atoms with van der Waals surface area (Å²) < 4.78 is 16.9. The van der Waals surface area contributed by atoms with E-state index in [2.05, 4.69) is 81.5 Å². The zero-order valence-corrected chi connectivity index (χ0v) is 45.8.